The first-order valence-electron chi connectivity index (χ1n) is 8.43. The van der Waals surface area contributed by atoms with Crippen LogP contribution >= 0.6 is 23.4 Å². The summed E-state index contributed by atoms with van der Waals surface area (Å²) in [6.45, 7) is 7.91. The first-order valence-corrected chi connectivity index (χ1v) is 9.80. The second-order valence-corrected chi connectivity index (χ2v) is 7.86. The zero-order valence-corrected chi connectivity index (χ0v) is 17.2. The first-order chi connectivity index (χ1) is 12.8. The zero-order valence-electron chi connectivity index (χ0n) is 15.6. The fourth-order valence-corrected chi connectivity index (χ4v) is 3.79. The number of nitrogens with one attached hydrogen (secondary N) is 1. The summed E-state index contributed by atoms with van der Waals surface area (Å²) in [4.78, 5) is 12.3. The van der Waals surface area contributed by atoms with Gasteiger partial charge in [0.2, 0.25) is 11.8 Å². The Balaban J connectivity index is 1.64. The molecular weight excluding hydrogens is 382 g/mol. The summed E-state index contributed by atoms with van der Waals surface area (Å²) in [7, 11) is 0. The second-order valence-electron chi connectivity index (χ2n) is 6.53. The van der Waals surface area contributed by atoms with Crippen molar-refractivity contribution in [3.05, 3.63) is 57.6 Å². The predicted octanol–water partition coefficient (Wildman–Crippen LogP) is 5.35. The molecule has 0 saturated heterocycles. The Morgan fingerprint density at radius 1 is 1.04 bits per heavy atom. The van der Waals surface area contributed by atoms with Crippen LogP contribution in [0, 0.1) is 27.7 Å². The molecule has 7 heteroatoms. The van der Waals surface area contributed by atoms with E-state index in [-0.39, 0.29) is 11.7 Å². The normalized spacial score (nSPS) is 10.9. The van der Waals surface area contributed by atoms with Gasteiger partial charge in [0.1, 0.15) is 0 Å². The molecule has 3 aromatic rings. The quantitative estimate of drug-likeness (QED) is 0.583. The molecule has 0 radical (unpaired) electrons. The fraction of sp³-hybridized carbons (Fsp3) is 0.250. The average Bonchev–Trinajstić information content (AvgIpc) is 3.04. The van der Waals surface area contributed by atoms with Crippen LogP contribution in [0.15, 0.2) is 40.0 Å². The van der Waals surface area contributed by atoms with E-state index in [0.717, 1.165) is 27.8 Å². The number of aryl methyl sites for hydroxylation is 4. The van der Waals surface area contributed by atoms with Gasteiger partial charge in [0.15, 0.2) is 0 Å². The number of halogens is 1. The summed E-state index contributed by atoms with van der Waals surface area (Å²) in [6.07, 6.45) is 0. The van der Waals surface area contributed by atoms with Gasteiger partial charge in [-0.1, -0.05) is 46.6 Å². The lowest BCUT2D eigenvalue weighted by Crippen LogP contribution is -2.15. The molecule has 0 spiro atoms. The molecular formula is C20H20ClN3O2S. The van der Waals surface area contributed by atoms with Crippen molar-refractivity contribution in [2.45, 2.75) is 32.9 Å². The number of benzene rings is 2. The van der Waals surface area contributed by atoms with Gasteiger partial charge in [-0.15, -0.1) is 10.2 Å². The highest BCUT2D eigenvalue weighted by Gasteiger charge is 2.14. The third-order valence-electron chi connectivity index (χ3n) is 3.90. The minimum absolute atomic E-state index is 0.151. The monoisotopic (exact) mass is 401 g/mol. The fourth-order valence-electron chi connectivity index (χ4n) is 2.86. The van der Waals surface area contributed by atoms with Crippen molar-refractivity contribution < 1.29 is 9.21 Å². The predicted molar refractivity (Wildman–Crippen MR) is 109 cm³/mol. The minimum atomic E-state index is -0.181. The topological polar surface area (TPSA) is 68.0 Å². The van der Waals surface area contributed by atoms with Crippen LogP contribution in [0.3, 0.4) is 0 Å². The van der Waals surface area contributed by atoms with E-state index in [1.54, 1.807) is 0 Å². The van der Waals surface area contributed by atoms with Gasteiger partial charge in [0, 0.05) is 5.56 Å². The lowest BCUT2D eigenvalue weighted by Gasteiger charge is -2.11. The lowest BCUT2D eigenvalue weighted by atomic mass is 10.1. The Hall–Kier alpha value is -2.31. The van der Waals surface area contributed by atoms with E-state index in [1.807, 2.05) is 52.0 Å². The molecule has 2 aromatic carbocycles. The van der Waals surface area contributed by atoms with Crippen LogP contribution in [-0.4, -0.2) is 21.9 Å². The molecule has 0 bridgehead atoms. The molecule has 0 saturated carbocycles. The molecule has 1 N–H and O–H groups in total. The molecule has 1 amide bonds. The molecule has 5 nitrogen and oxygen atoms in total. The number of hydrogen-bond donors (Lipinski definition) is 1. The molecule has 0 aliphatic rings. The molecule has 0 unspecified atom stereocenters. The van der Waals surface area contributed by atoms with Gasteiger partial charge >= 0.3 is 0 Å². The first kappa shape index (κ1) is 19.5. The van der Waals surface area contributed by atoms with Crippen LogP contribution in [0.5, 0.6) is 0 Å². The number of hydrogen-bond acceptors (Lipinski definition) is 5. The molecule has 140 valence electrons. The SMILES string of the molecule is Cc1cc(C)cc(-c2nnc(SCC(=O)Nc3c(C)cc(C)cc3Cl)o2)c1. The number of amides is 1. The highest BCUT2D eigenvalue weighted by molar-refractivity contribution is 7.99. The third-order valence-corrected chi connectivity index (χ3v) is 5.01. The van der Waals surface area contributed by atoms with Gasteiger partial charge in [0.25, 0.3) is 5.22 Å². The van der Waals surface area contributed by atoms with Crippen molar-refractivity contribution in [3.8, 4) is 11.5 Å². The molecule has 0 fully saturated rings. The molecule has 27 heavy (non-hydrogen) atoms. The number of thioether (sulfide) groups is 1. The summed E-state index contributed by atoms with van der Waals surface area (Å²) < 4.78 is 5.68. The van der Waals surface area contributed by atoms with Crippen molar-refractivity contribution in [1.29, 1.82) is 0 Å². The number of aromatic nitrogens is 2. The summed E-state index contributed by atoms with van der Waals surface area (Å²) in [5.74, 6) is 0.417. The van der Waals surface area contributed by atoms with Crippen LogP contribution in [0.1, 0.15) is 22.3 Å². The van der Waals surface area contributed by atoms with Gasteiger partial charge < -0.3 is 9.73 Å². The van der Waals surface area contributed by atoms with E-state index in [9.17, 15) is 4.79 Å². The van der Waals surface area contributed by atoms with Gasteiger partial charge in [-0.25, -0.2) is 0 Å². The summed E-state index contributed by atoms with van der Waals surface area (Å²) >= 11 is 7.42. The zero-order chi connectivity index (χ0) is 19.6. The highest BCUT2D eigenvalue weighted by atomic mass is 35.5. The average molecular weight is 402 g/mol. The van der Waals surface area contributed by atoms with E-state index in [2.05, 4.69) is 21.6 Å². The van der Waals surface area contributed by atoms with Crippen molar-refractivity contribution in [1.82, 2.24) is 10.2 Å². The molecule has 1 aromatic heterocycles. The highest BCUT2D eigenvalue weighted by Crippen LogP contribution is 2.28. The van der Waals surface area contributed by atoms with Crippen LogP contribution in [-0.2, 0) is 4.79 Å². The van der Waals surface area contributed by atoms with Crippen LogP contribution in [0.25, 0.3) is 11.5 Å². The molecule has 0 atom stereocenters. The Bertz CT molecular complexity index is 957. The number of rotatable bonds is 5. The van der Waals surface area contributed by atoms with Gasteiger partial charge in [-0.3, -0.25) is 4.79 Å². The van der Waals surface area contributed by atoms with E-state index < -0.39 is 0 Å². The molecule has 0 aliphatic carbocycles. The lowest BCUT2D eigenvalue weighted by molar-refractivity contribution is -0.113. The van der Waals surface area contributed by atoms with E-state index in [4.69, 9.17) is 16.0 Å². The Labute approximate surface area is 167 Å². The van der Waals surface area contributed by atoms with Crippen LogP contribution in [0.4, 0.5) is 5.69 Å². The molecule has 3 rings (SSSR count). The van der Waals surface area contributed by atoms with E-state index in [0.29, 0.717) is 21.8 Å². The third kappa shape index (κ3) is 4.90. The van der Waals surface area contributed by atoms with Crippen molar-refractivity contribution in [3.63, 3.8) is 0 Å². The van der Waals surface area contributed by atoms with Crippen LogP contribution in [0.2, 0.25) is 5.02 Å². The number of anilines is 1. The Kier molecular flexibility index (Phi) is 5.87. The van der Waals surface area contributed by atoms with Crippen molar-refractivity contribution in [2.24, 2.45) is 0 Å². The standard InChI is InChI=1S/C20H20ClN3O2S/c1-11-5-12(2)8-15(7-11)19-23-24-20(26-19)27-10-17(25)22-18-14(4)6-13(3)9-16(18)21/h5-9H,10H2,1-4H3,(H,22,25). The Morgan fingerprint density at radius 3 is 2.37 bits per heavy atom. The smallest absolute Gasteiger partial charge is 0.277 e. The Morgan fingerprint density at radius 2 is 1.70 bits per heavy atom. The van der Waals surface area contributed by atoms with Gasteiger partial charge in [-0.2, -0.15) is 0 Å². The number of nitrogens with zero attached hydrogens (tertiary/aromatic N) is 2. The minimum Gasteiger partial charge on any atom is -0.411 e. The van der Waals surface area contributed by atoms with Gasteiger partial charge in [-0.05, 0) is 57.0 Å². The largest absolute Gasteiger partial charge is 0.411 e. The molecule has 0 aliphatic heterocycles. The molecule has 1 heterocycles. The van der Waals surface area contributed by atoms with Crippen molar-refractivity contribution >= 4 is 35.0 Å². The van der Waals surface area contributed by atoms with E-state index >= 15 is 0 Å². The number of carbonyl (C=O) groups is 1. The summed E-state index contributed by atoms with van der Waals surface area (Å²) in [5.41, 5.74) is 5.74. The summed E-state index contributed by atoms with van der Waals surface area (Å²) in [6, 6.07) is 9.86. The summed E-state index contributed by atoms with van der Waals surface area (Å²) in [5, 5.41) is 11.8. The number of carbonyl (C=O) groups excluding carboxylic acids is 1. The van der Waals surface area contributed by atoms with E-state index in [1.165, 1.54) is 11.8 Å². The van der Waals surface area contributed by atoms with Crippen LogP contribution < -0.4 is 5.32 Å². The second kappa shape index (κ2) is 8.15. The van der Waals surface area contributed by atoms with Crippen molar-refractivity contribution in [2.75, 3.05) is 11.1 Å². The maximum Gasteiger partial charge on any atom is 0.277 e. The maximum absolute atomic E-state index is 12.3. The van der Waals surface area contributed by atoms with Gasteiger partial charge in [0.05, 0.1) is 16.5 Å². The maximum atomic E-state index is 12.3.